The van der Waals surface area contributed by atoms with E-state index in [0.717, 1.165) is 0 Å². The van der Waals surface area contributed by atoms with Crippen molar-refractivity contribution in [3.05, 3.63) is 109 Å². The first-order chi connectivity index (χ1) is 14.3. The molecule has 31 heavy (non-hydrogen) atoms. The Morgan fingerprint density at radius 2 is 0.677 bits per heavy atom. The maximum absolute atomic E-state index is 9.32. The summed E-state index contributed by atoms with van der Waals surface area (Å²) in [4.78, 5) is 15.9. The minimum Gasteiger partial charge on any atom is -0.547 e. The largest absolute Gasteiger partial charge is 2.00 e. The van der Waals surface area contributed by atoms with Gasteiger partial charge < -0.3 is 19.8 Å². The first-order valence-electron chi connectivity index (χ1n) is 8.00. The molecule has 0 amide bonds. The maximum Gasteiger partial charge on any atom is 2.00 e. The van der Waals surface area contributed by atoms with Crippen molar-refractivity contribution in [3.8, 4) is 0 Å². The van der Waals surface area contributed by atoms with Crippen LogP contribution in [0.25, 0.3) is 0 Å². The van der Waals surface area contributed by atoms with Crippen molar-refractivity contribution in [2.24, 2.45) is 0 Å². The Balaban J connectivity index is -0.000000314. The van der Waals surface area contributed by atoms with E-state index in [4.69, 9.17) is 46.4 Å². The van der Waals surface area contributed by atoms with Gasteiger partial charge in [-0.1, -0.05) is 137 Å². The van der Waals surface area contributed by atoms with Crippen LogP contribution in [0.4, 0.5) is 0 Å². The van der Waals surface area contributed by atoms with Gasteiger partial charge in [0.05, 0.1) is 11.9 Å². The molecular weight excluding hydrogens is 679 g/mol. The van der Waals surface area contributed by atoms with Crippen LogP contribution in [0.3, 0.4) is 0 Å². The third-order valence-corrected chi connectivity index (χ3v) is 2.89. The van der Waals surface area contributed by atoms with Gasteiger partial charge in [-0.2, -0.15) is 0 Å². The smallest absolute Gasteiger partial charge is 0.547 e. The van der Waals surface area contributed by atoms with Crippen LogP contribution in [0.2, 0.25) is 0 Å². The Morgan fingerprint density at radius 3 is 0.710 bits per heavy atom. The molecule has 9 heteroatoms. The van der Waals surface area contributed by atoms with Crippen molar-refractivity contribution < 1.29 is 19.8 Å². The molecule has 0 aromatic heterocycles. The summed E-state index contributed by atoms with van der Waals surface area (Å²) in [5.41, 5.74) is 0. The summed E-state index contributed by atoms with van der Waals surface area (Å²) in [6, 6.07) is 37.5. The van der Waals surface area contributed by atoms with Crippen molar-refractivity contribution in [2.75, 3.05) is 0 Å². The minimum absolute atomic E-state index is 0. The number of carboxylic acids is 2. The maximum atomic E-state index is 9.32. The Bertz CT molecular complexity index is 561. The first kappa shape index (κ1) is 34.3. The quantitative estimate of drug-likeness (QED) is 0.305. The van der Waals surface area contributed by atoms with Crippen LogP contribution in [-0.2, 0) is 9.59 Å². The van der Waals surface area contributed by atoms with Gasteiger partial charge in [0.2, 0.25) is 0 Å². The zero-order chi connectivity index (χ0) is 23.0. The van der Waals surface area contributed by atoms with Gasteiger partial charge >= 0.3 is 26.2 Å². The van der Waals surface area contributed by atoms with Crippen molar-refractivity contribution in [2.45, 2.75) is 9.67 Å². The SMILES string of the molecule is O=C([O-])C(Cl)Cl.O=C([O-])C(Cl)Cl.[Bi+2].[c]1ccccc1.[c]1ccccc1.[c]1ccccc1. The van der Waals surface area contributed by atoms with E-state index in [0.29, 0.717) is 0 Å². The third-order valence-electron chi connectivity index (χ3n) is 2.18. The van der Waals surface area contributed by atoms with Gasteiger partial charge in [-0.25, -0.2) is 0 Å². The summed E-state index contributed by atoms with van der Waals surface area (Å²) in [5, 5.41) is 18.6. The number of aliphatic carboxylic acids is 2. The van der Waals surface area contributed by atoms with Crippen LogP contribution in [0.1, 0.15) is 0 Å². The standard InChI is InChI=1S/3C6H5.2C2H2Cl2O2.Bi/c3*1-2-4-6-5-3-1;2*3-1(4)2(5)6;/h3*1-5H;2*1H,(H,5,6);/q;;;;;+2/p-2. The Hall–Kier alpha value is -1.36. The summed E-state index contributed by atoms with van der Waals surface area (Å²) in [5.74, 6) is -2.92. The zero-order valence-electron chi connectivity index (χ0n) is 15.9. The van der Waals surface area contributed by atoms with E-state index in [1.807, 2.05) is 91.0 Å². The van der Waals surface area contributed by atoms with Crippen molar-refractivity contribution in [1.29, 1.82) is 0 Å². The van der Waals surface area contributed by atoms with Crippen LogP contribution in [0.15, 0.2) is 91.0 Å². The number of carbonyl (C=O) groups excluding carboxylic acids is 2. The number of halogens is 4. The molecule has 0 saturated heterocycles. The third kappa shape index (κ3) is 33.5. The Kier molecular flexibility index (Phi) is 29.5. The van der Waals surface area contributed by atoms with E-state index in [9.17, 15) is 19.8 Å². The molecular formula is C22H17BiCl4O4. The second-order valence-electron chi connectivity index (χ2n) is 4.47. The summed E-state index contributed by atoms with van der Waals surface area (Å²) in [6.45, 7) is 0. The average Bonchev–Trinajstić information content (AvgIpc) is 2.79. The molecule has 4 nitrogen and oxygen atoms in total. The second-order valence-corrected chi connectivity index (χ2v) is 6.66. The molecule has 0 saturated carbocycles. The number of carboxylic acid groups (broad SMARTS) is 2. The summed E-state index contributed by atoms with van der Waals surface area (Å²) < 4.78 is 0. The predicted molar refractivity (Wildman–Crippen MR) is 123 cm³/mol. The van der Waals surface area contributed by atoms with Gasteiger partial charge in [-0.05, 0) is 18.2 Å². The van der Waals surface area contributed by atoms with Crippen LogP contribution in [0.5, 0.6) is 0 Å². The number of benzene rings is 3. The molecule has 0 N–H and O–H groups in total. The van der Waals surface area contributed by atoms with Crippen LogP contribution < -0.4 is 10.2 Å². The summed E-state index contributed by atoms with van der Waals surface area (Å²) in [6.07, 6.45) is 0. The predicted octanol–water partition coefficient (Wildman–Crippen LogP) is 3.16. The molecule has 6 radical (unpaired) electrons. The van der Waals surface area contributed by atoms with Gasteiger partial charge in [0, 0.05) is 0 Å². The van der Waals surface area contributed by atoms with Crippen molar-refractivity contribution >= 4 is 84.5 Å². The number of hydrogen-bond acceptors (Lipinski definition) is 4. The van der Waals surface area contributed by atoms with Gasteiger partial charge in [-0.15, -0.1) is 0 Å². The first-order valence-corrected chi connectivity index (χ1v) is 9.74. The van der Waals surface area contributed by atoms with E-state index in [1.165, 1.54) is 0 Å². The molecule has 0 spiro atoms. The molecule has 0 fully saturated rings. The molecule has 3 aromatic carbocycles. The number of hydrogen-bond donors (Lipinski definition) is 0. The van der Waals surface area contributed by atoms with Crippen LogP contribution >= 0.6 is 46.4 Å². The molecule has 3 rings (SSSR count). The van der Waals surface area contributed by atoms with Crippen molar-refractivity contribution in [1.82, 2.24) is 0 Å². The van der Waals surface area contributed by atoms with Gasteiger partial charge in [0.25, 0.3) is 0 Å². The fraction of sp³-hybridized carbons (Fsp3) is 0.0909. The molecule has 162 valence electrons. The topological polar surface area (TPSA) is 80.3 Å². The van der Waals surface area contributed by atoms with Gasteiger partial charge in [-0.3, -0.25) is 0 Å². The van der Waals surface area contributed by atoms with Crippen LogP contribution in [-0.4, -0.2) is 47.8 Å². The minimum atomic E-state index is -1.46. The Labute approximate surface area is 221 Å². The Morgan fingerprint density at radius 1 is 0.516 bits per heavy atom. The summed E-state index contributed by atoms with van der Waals surface area (Å²) in [7, 11) is 0. The van der Waals surface area contributed by atoms with E-state index in [-0.39, 0.29) is 26.2 Å². The molecule has 0 bridgehead atoms. The van der Waals surface area contributed by atoms with E-state index in [2.05, 4.69) is 18.2 Å². The molecule has 0 aliphatic heterocycles. The molecule has 0 unspecified atom stereocenters. The van der Waals surface area contributed by atoms with Crippen LogP contribution in [0, 0.1) is 18.2 Å². The number of carbonyl (C=O) groups is 2. The van der Waals surface area contributed by atoms with E-state index >= 15 is 0 Å². The molecule has 3 aromatic rings. The molecule has 0 aliphatic rings. The molecule has 0 heterocycles. The van der Waals surface area contributed by atoms with E-state index in [1.54, 1.807) is 0 Å². The fourth-order valence-corrected chi connectivity index (χ4v) is 1.03. The fourth-order valence-electron chi connectivity index (χ4n) is 1.03. The van der Waals surface area contributed by atoms with Crippen molar-refractivity contribution in [3.63, 3.8) is 0 Å². The normalized spacial score (nSPS) is 8.19. The van der Waals surface area contributed by atoms with Gasteiger partial charge in [0.1, 0.15) is 9.67 Å². The number of rotatable bonds is 2. The van der Waals surface area contributed by atoms with Gasteiger partial charge in [0.15, 0.2) is 0 Å². The van der Waals surface area contributed by atoms with E-state index < -0.39 is 21.6 Å². The molecule has 0 aliphatic carbocycles. The monoisotopic (exact) mass is 694 g/mol. The second kappa shape index (κ2) is 26.7. The molecule has 0 atom stereocenters. The number of alkyl halides is 4. The summed E-state index contributed by atoms with van der Waals surface area (Å²) >= 11 is 18.9. The average molecular weight is 696 g/mol. The zero-order valence-corrected chi connectivity index (χ0v) is 22.4.